The van der Waals surface area contributed by atoms with Gasteiger partial charge in [0.15, 0.2) is 5.17 Å². The first kappa shape index (κ1) is 13.1. The minimum absolute atomic E-state index is 0.335. The molecule has 3 nitrogen and oxygen atoms in total. The van der Waals surface area contributed by atoms with Crippen LogP contribution in [0.4, 0.5) is 0 Å². The van der Waals surface area contributed by atoms with E-state index in [1.165, 1.54) is 16.6 Å². The fourth-order valence-electron chi connectivity index (χ4n) is 1.31. The number of hydrogen-bond acceptors (Lipinski definition) is 4. The van der Waals surface area contributed by atoms with Crippen LogP contribution >= 0.6 is 23.1 Å². The lowest BCUT2D eigenvalue weighted by Crippen LogP contribution is -2.34. The molecule has 5 heteroatoms. The highest BCUT2D eigenvalue weighted by Crippen LogP contribution is 2.17. The molecule has 0 saturated carbocycles. The molecule has 0 atom stereocenters. The van der Waals surface area contributed by atoms with Crippen molar-refractivity contribution in [3.63, 3.8) is 0 Å². The van der Waals surface area contributed by atoms with Gasteiger partial charge >= 0.3 is 0 Å². The third-order valence-electron chi connectivity index (χ3n) is 2.10. The zero-order valence-electron chi connectivity index (χ0n) is 9.67. The molecule has 0 N–H and O–H groups in total. The number of rotatable bonds is 3. The Bertz CT molecular complexity index is 376. The normalized spacial score (nSPS) is 11.6. The molecular formula is C11H15N3S2. The Morgan fingerprint density at radius 3 is 2.88 bits per heavy atom. The predicted octanol–water partition coefficient (Wildman–Crippen LogP) is 3.16. The van der Waals surface area contributed by atoms with Crippen LogP contribution in [0.1, 0.15) is 18.7 Å². The van der Waals surface area contributed by atoms with Crippen LogP contribution in [0.5, 0.6) is 0 Å². The quantitative estimate of drug-likeness (QED) is 0.472. The van der Waals surface area contributed by atoms with Crippen molar-refractivity contribution >= 4 is 28.3 Å². The third kappa shape index (κ3) is 3.54. The highest BCUT2D eigenvalue weighted by atomic mass is 32.2. The first-order valence-corrected chi connectivity index (χ1v) is 7.09. The molecule has 1 rings (SSSR count). The summed E-state index contributed by atoms with van der Waals surface area (Å²) in [5.74, 6) is 0. The summed E-state index contributed by atoms with van der Waals surface area (Å²) in [4.78, 5) is 7.28. The van der Waals surface area contributed by atoms with Gasteiger partial charge in [0.05, 0.1) is 6.54 Å². The first-order valence-electron chi connectivity index (χ1n) is 4.98. The van der Waals surface area contributed by atoms with Crippen molar-refractivity contribution < 1.29 is 0 Å². The molecule has 86 valence electrons. The molecule has 0 amide bonds. The highest BCUT2D eigenvalue weighted by molar-refractivity contribution is 8.13. The Hall–Kier alpha value is -0.990. The minimum Gasteiger partial charge on any atom is -0.343 e. The predicted molar refractivity (Wildman–Crippen MR) is 71.6 cm³/mol. The van der Waals surface area contributed by atoms with Crippen LogP contribution in [0.3, 0.4) is 0 Å². The Morgan fingerprint density at radius 1 is 1.69 bits per heavy atom. The van der Waals surface area contributed by atoms with Crippen molar-refractivity contribution in [2.75, 3.05) is 6.26 Å². The number of aliphatic imine (C=N–C) groups is 1. The van der Waals surface area contributed by atoms with Gasteiger partial charge in [-0.25, -0.2) is 0 Å². The number of thioether (sulfide) groups is 1. The molecule has 0 aliphatic carbocycles. The second-order valence-electron chi connectivity index (χ2n) is 3.50. The highest BCUT2D eigenvalue weighted by Gasteiger charge is 2.15. The van der Waals surface area contributed by atoms with Gasteiger partial charge in [0.2, 0.25) is 6.19 Å². The van der Waals surface area contributed by atoms with Crippen LogP contribution in [0.25, 0.3) is 0 Å². The molecule has 16 heavy (non-hydrogen) atoms. The molecule has 0 saturated heterocycles. The topological polar surface area (TPSA) is 39.4 Å². The number of amidine groups is 1. The molecule has 0 bridgehead atoms. The van der Waals surface area contributed by atoms with Gasteiger partial charge in [-0.1, -0.05) is 17.8 Å². The molecule has 0 aliphatic rings. The Balaban J connectivity index is 2.83. The summed E-state index contributed by atoms with van der Waals surface area (Å²) < 4.78 is 0. The molecule has 0 aromatic carbocycles. The van der Waals surface area contributed by atoms with E-state index >= 15 is 0 Å². The van der Waals surface area contributed by atoms with E-state index in [1.54, 1.807) is 11.3 Å². The van der Waals surface area contributed by atoms with E-state index in [4.69, 9.17) is 5.26 Å². The standard InChI is InChI=1S/C11H15N3S2/c1-9(2)14(11(15-3)13-8-12)7-10-5-4-6-16-10/h4-6,9H,7H2,1-3H3. The molecule has 1 heterocycles. The summed E-state index contributed by atoms with van der Waals surface area (Å²) in [6.07, 6.45) is 3.81. The number of nitriles is 1. The molecule has 0 aliphatic heterocycles. The van der Waals surface area contributed by atoms with Gasteiger partial charge in [-0.2, -0.15) is 5.26 Å². The maximum absolute atomic E-state index is 8.65. The SMILES string of the molecule is CSC(=NC#N)N(Cc1cccs1)C(C)C. The summed E-state index contributed by atoms with van der Waals surface area (Å²) in [5, 5.41) is 11.5. The number of nitrogens with zero attached hydrogens (tertiary/aromatic N) is 3. The summed E-state index contributed by atoms with van der Waals surface area (Å²) >= 11 is 3.24. The number of hydrogen-bond donors (Lipinski definition) is 0. The van der Waals surface area contributed by atoms with Gasteiger partial charge in [0.1, 0.15) is 0 Å². The van der Waals surface area contributed by atoms with Crippen molar-refractivity contribution in [2.45, 2.75) is 26.4 Å². The molecular weight excluding hydrogens is 238 g/mol. The molecule has 1 aromatic rings. The molecule has 0 fully saturated rings. The lowest BCUT2D eigenvalue weighted by molar-refractivity contribution is 0.352. The summed E-state index contributed by atoms with van der Waals surface area (Å²) in [6, 6.07) is 4.48. The van der Waals surface area contributed by atoms with Gasteiger partial charge in [-0.05, 0) is 31.5 Å². The van der Waals surface area contributed by atoms with Crippen molar-refractivity contribution in [3.8, 4) is 6.19 Å². The maximum Gasteiger partial charge on any atom is 0.208 e. The molecule has 0 unspecified atom stereocenters. The van der Waals surface area contributed by atoms with Gasteiger partial charge in [0, 0.05) is 10.9 Å². The second kappa shape index (κ2) is 6.56. The van der Waals surface area contributed by atoms with Gasteiger partial charge in [0.25, 0.3) is 0 Å². The second-order valence-corrected chi connectivity index (χ2v) is 5.31. The van der Waals surface area contributed by atoms with E-state index in [0.29, 0.717) is 6.04 Å². The lowest BCUT2D eigenvalue weighted by Gasteiger charge is -2.27. The van der Waals surface area contributed by atoms with E-state index in [1.807, 2.05) is 18.5 Å². The van der Waals surface area contributed by atoms with Crippen molar-refractivity contribution in [3.05, 3.63) is 22.4 Å². The average molecular weight is 253 g/mol. The van der Waals surface area contributed by atoms with Crippen LogP contribution in [0, 0.1) is 11.5 Å². The van der Waals surface area contributed by atoms with E-state index in [2.05, 4.69) is 35.2 Å². The fourth-order valence-corrected chi connectivity index (χ4v) is 2.66. The molecule has 0 radical (unpaired) electrons. The van der Waals surface area contributed by atoms with Crippen molar-refractivity contribution in [1.29, 1.82) is 5.26 Å². The summed E-state index contributed by atoms with van der Waals surface area (Å²) in [6.45, 7) is 5.03. The molecule has 1 aromatic heterocycles. The Morgan fingerprint density at radius 2 is 2.44 bits per heavy atom. The fraction of sp³-hybridized carbons (Fsp3) is 0.455. The van der Waals surface area contributed by atoms with Gasteiger partial charge < -0.3 is 4.90 Å². The third-order valence-corrected chi connectivity index (χ3v) is 3.66. The van der Waals surface area contributed by atoms with Crippen LogP contribution < -0.4 is 0 Å². The molecule has 0 spiro atoms. The van der Waals surface area contributed by atoms with E-state index in [-0.39, 0.29) is 0 Å². The van der Waals surface area contributed by atoms with E-state index in [0.717, 1.165) is 11.7 Å². The first-order chi connectivity index (χ1) is 7.69. The van der Waals surface area contributed by atoms with E-state index in [9.17, 15) is 0 Å². The Labute approximate surface area is 105 Å². The smallest absolute Gasteiger partial charge is 0.208 e. The zero-order chi connectivity index (χ0) is 12.0. The summed E-state index contributed by atoms with van der Waals surface area (Å²) in [7, 11) is 0. The summed E-state index contributed by atoms with van der Waals surface area (Å²) in [5.41, 5.74) is 0. The van der Waals surface area contributed by atoms with E-state index < -0.39 is 0 Å². The largest absolute Gasteiger partial charge is 0.343 e. The van der Waals surface area contributed by atoms with Gasteiger partial charge in [-0.15, -0.1) is 16.3 Å². The van der Waals surface area contributed by atoms with Gasteiger partial charge in [-0.3, -0.25) is 0 Å². The average Bonchev–Trinajstić information content (AvgIpc) is 2.75. The van der Waals surface area contributed by atoms with Crippen LogP contribution in [-0.4, -0.2) is 22.4 Å². The van der Waals surface area contributed by atoms with Crippen molar-refractivity contribution in [1.82, 2.24) is 4.90 Å². The van der Waals surface area contributed by atoms with Crippen molar-refractivity contribution in [2.24, 2.45) is 4.99 Å². The zero-order valence-corrected chi connectivity index (χ0v) is 11.3. The van der Waals surface area contributed by atoms with Crippen LogP contribution in [0.2, 0.25) is 0 Å². The maximum atomic E-state index is 8.65. The monoisotopic (exact) mass is 253 g/mol. The van der Waals surface area contributed by atoms with Crippen LogP contribution in [-0.2, 0) is 6.54 Å². The Kier molecular flexibility index (Phi) is 5.36. The lowest BCUT2D eigenvalue weighted by atomic mass is 10.3. The minimum atomic E-state index is 0.335. The number of thiophene rings is 1. The van der Waals surface area contributed by atoms with Crippen LogP contribution in [0.15, 0.2) is 22.5 Å².